The Hall–Kier alpha value is -1.36. The second-order valence-corrected chi connectivity index (χ2v) is 4.80. The smallest absolute Gasteiger partial charge is 0.410 e. The number of nitrogens with one attached hydrogen (secondary N) is 1. The van der Waals surface area contributed by atoms with Gasteiger partial charge in [0.15, 0.2) is 0 Å². The number of aryl methyl sites for hydroxylation is 2. The molecule has 0 aromatic heterocycles. The van der Waals surface area contributed by atoms with E-state index in [1.807, 2.05) is 13.8 Å². The highest BCUT2D eigenvalue weighted by molar-refractivity contribution is 7.84. The monoisotopic (exact) mass is 241 g/mol. The van der Waals surface area contributed by atoms with E-state index in [1.165, 1.54) is 7.05 Å². The van der Waals surface area contributed by atoms with E-state index in [4.69, 9.17) is 4.74 Å². The number of benzene rings is 1. The number of ether oxygens (including phenoxy) is 1. The molecule has 0 saturated heterocycles. The zero-order chi connectivity index (χ0) is 12.3. The number of carbonyl (C=O) groups is 1. The molecule has 0 saturated carbocycles. The Balaban J connectivity index is 3.10. The molecule has 5 heteroatoms. The van der Waals surface area contributed by atoms with Crippen LogP contribution in [-0.2, 0) is 10.8 Å². The van der Waals surface area contributed by atoms with Gasteiger partial charge in [-0.15, -0.1) is 0 Å². The predicted molar refractivity (Wildman–Crippen MR) is 63.3 cm³/mol. The molecule has 1 rings (SSSR count). The first kappa shape index (κ1) is 12.7. The summed E-state index contributed by atoms with van der Waals surface area (Å²) in [7, 11) is 0.467. The van der Waals surface area contributed by atoms with Crippen molar-refractivity contribution in [3.05, 3.63) is 23.3 Å². The van der Waals surface area contributed by atoms with Crippen molar-refractivity contribution in [1.82, 2.24) is 5.32 Å². The summed E-state index contributed by atoms with van der Waals surface area (Å²) in [4.78, 5) is 11.8. The van der Waals surface area contributed by atoms with Crippen molar-refractivity contribution in [3.63, 3.8) is 0 Å². The largest absolute Gasteiger partial charge is 0.412 e. The fraction of sp³-hybridized carbons (Fsp3) is 0.364. The molecule has 0 aliphatic rings. The van der Waals surface area contributed by atoms with Crippen LogP contribution in [0.25, 0.3) is 0 Å². The highest BCUT2D eigenvalue weighted by atomic mass is 32.2. The van der Waals surface area contributed by atoms with Crippen LogP contribution in [0.1, 0.15) is 11.1 Å². The van der Waals surface area contributed by atoms with Crippen LogP contribution < -0.4 is 10.1 Å². The van der Waals surface area contributed by atoms with Crippen molar-refractivity contribution in [2.45, 2.75) is 18.7 Å². The normalized spacial score (nSPS) is 12.0. The molecule has 0 aliphatic carbocycles. The number of hydrogen-bond donors (Lipinski definition) is 1. The zero-order valence-corrected chi connectivity index (χ0v) is 10.6. The van der Waals surface area contributed by atoms with Crippen molar-refractivity contribution < 1.29 is 13.7 Å². The lowest BCUT2D eigenvalue weighted by Gasteiger charge is -2.10. The third-order valence-electron chi connectivity index (χ3n) is 2.14. The average molecular weight is 241 g/mol. The molecule has 0 radical (unpaired) electrons. The van der Waals surface area contributed by atoms with Crippen LogP contribution in [0.15, 0.2) is 17.0 Å². The van der Waals surface area contributed by atoms with Crippen molar-refractivity contribution >= 4 is 16.9 Å². The minimum absolute atomic E-state index is 0.462. The Morgan fingerprint density at radius 2 is 1.81 bits per heavy atom. The SMILES string of the molecule is CNC(=O)Oc1cc(C)c([S@@](C)=O)c(C)c1. The quantitative estimate of drug-likeness (QED) is 0.858. The fourth-order valence-electron chi connectivity index (χ4n) is 1.58. The molecule has 1 atom stereocenters. The van der Waals surface area contributed by atoms with Gasteiger partial charge < -0.3 is 10.1 Å². The summed E-state index contributed by atoms with van der Waals surface area (Å²) in [6.45, 7) is 3.70. The average Bonchev–Trinajstić information content (AvgIpc) is 2.15. The van der Waals surface area contributed by atoms with E-state index in [1.54, 1.807) is 18.4 Å². The lowest BCUT2D eigenvalue weighted by molar-refractivity contribution is 0.203. The molecule has 1 aromatic carbocycles. The first-order chi connectivity index (χ1) is 7.45. The van der Waals surface area contributed by atoms with Crippen LogP contribution in [0.5, 0.6) is 5.75 Å². The van der Waals surface area contributed by atoms with Gasteiger partial charge >= 0.3 is 6.09 Å². The molecule has 0 spiro atoms. The highest BCUT2D eigenvalue weighted by Crippen LogP contribution is 2.24. The molecule has 0 bridgehead atoms. The summed E-state index contributed by atoms with van der Waals surface area (Å²) >= 11 is 0. The Morgan fingerprint density at radius 3 is 2.19 bits per heavy atom. The van der Waals surface area contributed by atoms with E-state index in [0.29, 0.717) is 5.75 Å². The van der Waals surface area contributed by atoms with Crippen molar-refractivity contribution in [2.24, 2.45) is 0 Å². The van der Waals surface area contributed by atoms with Crippen molar-refractivity contribution in [3.8, 4) is 5.75 Å². The Bertz CT molecular complexity index is 420. The van der Waals surface area contributed by atoms with E-state index in [0.717, 1.165) is 16.0 Å². The van der Waals surface area contributed by atoms with Gasteiger partial charge in [0.1, 0.15) is 5.75 Å². The van der Waals surface area contributed by atoms with Crippen molar-refractivity contribution in [1.29, 1.82) is 0 Å². The third kappa shape index (κ3) is 2.82. The molecular weight excluding hydrogens is 226 g/mol. The molecule has 0 aliphatic heterocycles. The Kier molecular flexibility index (Phi) is 4.06. The van der Waals surface area contributed by atoms with Gasteiger partial charge in [0, 0.05) is 18.2 Å². The standard InChI is InChI=1S/C11H15NO3S/c1-7-5-9(15-11(13)12-3)6-8(2)10(7)16(4)14/h5-6H,1-4H3,(H,12,13)/t16-/m1/s1. The van der Waals surface area contributed by atoms with E-state index >= 15 is 0 Å². The fourth-order valence-corrected chi connectivity index (χ4v) is 2.61. The minimum Gasteiger partial charge on any atom is -0.410 e. The summed E-state index contributed by atoms with van der Waals surface area (Å²) in [6, 6.07) is 3.41. The third-order valence-corrected chi connectivity index (χ3v) is 3.35. The van der Waals surface area contributed by atoms with Crippen LogP contribution in [0.2, 0.25) is 0 Å². The minimum atomic E-state index is -1.03. The van der Waals surface area contributed by atoms with Gasteiger partial charge in [-0.2, -0.15) is 0 Å². The summed E-state index contributed by atoms with van der Waals surface area (Å²) in [5.74, 6) is 0.462. The van der Waals surface area contributed by atoms with E-state index in [-0.39, 0.29) is 0 Å². The van der Waals surface area contributed by atoms with Gasteiger partial charge in [-0.3, -0.25) is 4.21 Å². The summed E-state index contributed by atoms with van der Waals surface area (Å²) < 4.78 is 16.5. The maximum atomic E-state index is 11.5. The topological polar surface area (TPSA) is 55.4 Å². The van der Waals surface area contributed by atoms with E-state index in [2.05, 4.69) is 5.32 Å². The molecule has 1 aromatic rings. The summed E-state index contributed by atoms with van der Waals surface area (Å²) in [5, 5.41) is 2.37. The van der Waals surface area contributed by atoms with E-state index < -0.39 is 16.9 Å². The number of carbonyl (C=O) groups excluding carboxylic acids is 1. The zero-order valence-electron chi connectivity index (χ0n) is 9.79. The lowest BCUT2D eigenvalue weighted by Crippen LogP contribution is -2.22. The molecule has 88 valence electrons. The maximum Gasteiger partial charge on any atom is 0.412 e. The van der Waals surface area contributed by atoms with Crippen molar-refractivity contribution in [2.75, 3.05) is 13.3 Å². The molecule has 1 amide bonds. The lowest BCUT2D eigenvalue weighted by atomic mass is 10.1. The molecule has 0 heterocycles. The van der Waals surface area contributed by atoms with Crippen LogP contribution >= 0.6 is 0 Å². The van der Waals surface area contributed by atoms with Crippen LogP contribution in [0.3, 0.4) is 0 Å². The molecule has 4 nitrogen and oxygen atoms in total. The van der Waals surface area contributed by atoms with Gasteiger partial charge in [0.05, 0.1) is 10.8 Å². The second kappa shape index (κ2) is 5.12. The summed E-state index contributed by atoms with van der Waals surface area (Å²) in [6.07, 6.45) is 1.12. The van der Waals surface area contributed by atoms with Gasteiger partial charge in [0.25, 0.3) is 0 Å². The predicted octanol–water partition coefficient (Wildman–Crippen LogP) is 1.76. The van der Waals surface area contributed by atoms with E-state index in [9.17, 15) is 9.00 Å². The molecule has 0 unspecified atom stereocenters. The van der Waals surface area contributed by atoms with Crippen LogP contribution in [0, 0.1) is 13.8 Å². The highest BCUT2D eigenvalue weighted by Gasteiger charge is 2.10. The first-order valence-corrected chi connectivity index (χ1v) is 6.35. The Labute approximate surface area is 97.5 Å². The maximum absolute atomic E-state index is 11.5. The molecule has 16 heavy (non-hydrogen) atoms. The van der Waals surface area contributed by atoms with Crippen LogP contribution in [0.4, 0.5) is 4.79 Å². The van der Waals surface area contributed by atoms with Gasteiger partial charge in [-0.05, 0) is 37.1 Å². The second-order valence-electron chi connectivity index (χ2n) is 3.48. The van der Waals surface area contributed by atoms with Crippen LogP contribution in [-0.4, -0.2) is 23.6 Å². The first-order valence-electron chi connectivity index (χ1n) is 4.80. The van der Waals surface area contributed by atoms with Gasteiger partial charge in [0.2, 0.25) is 0 Å². The summed E-state index contributed by atoms with van der Waals surface area (Å²) in [5.41, 5.74) is 1.72. The van der Waals surface area contributed by atoms with Gasteiger partial charge in [-0.1, -0.05) is 0 Å². The molecule has 0 fully saturated rings. The van der Waals surface area contributed by atoms with Gasteiger partial charge in [-0.25, -0.2) is 4.79 Å². The number of rotatable bonds is 2. The number of amides is 1. The molecular formula is C11H15NO3S. The molecule has 1 N–H and O–H groups in total. The Morgan fingerprint density at radius 1 is 1.31 bits per heavy atom. The number of hydrogen-bond acceptors (Lipinski definition) is 3.